The van der Waals surface area contributed by atoms with Crippen LogP contribution in [-0.2, 0) is 9.59 Å². The third-order valence-corrected chi connectivity index (χ3v) is 7.27. The van der Waals surface area contributed by atoms with Crippen LogP contribution >= 0.6 is 0 Å². The zero-order valence-electron chi connectivity index (χ0n) is 13.0. The van der Waals surface area contributed by atoms with Crippen LogP contribution in [0.3, 0.4) is 0 Å². The minimum atomic E-state index is -0.0487. The van der Waals surface area contributed by atoms with Crippen molar-refractivity contribution in [2.45, 2.75) is 52.4 Å². The molecule has 0 unspecified atom stereocenters. The van der Waals surface area contributed by atoms with Crippen LogP contribution in [0, 0.1) is 28.6 Å². The monoisotopic (exact) mass is 284 g/mol. The van der Waals surface area contributed by atoms with Crippen molar-refractivity contribution >= 4 is 11.6 Å². The molecule has 4 aliphatic carbocycles. The second-order valence-corrected chi connectivity index (χ2v) is 8.02. The first-order valence-corrected chi connectivity index (χ1v) is 8.43. The van der Waals surface area contributed by atoms with E-state index in [2.05, 4.69) is 19.9 Å². The summed E-state index contributed by atoms with van der Waals surface area (Å²) in [7, 11) is 0. The maximum absolute atomic E-state index is 12.3. The topological polar surface area (TPSA) is 34.1 Å². The Kier molecular flexibility index (Phi) is 2.68. The van der Waals surface area contributed by atoms with Crippen LogP contribution < -0.4 is 0 Å². The Balaban J connectivity index is 1.72. The van der Waals surface area contributed by atoms with E-state index in [-0.39, 0.29) is 16.6 Å². The van der Waals surface area contributed by atoms with E-state index in [4.69, 9.17) is 0 Å². The van der Waals surface area contributed by atoms with Gasteiger partial charge in [-0.1, -0.05) is 25.5 Å². The molecule has 0 radical (unpaired) electrons. The summed E-state index contributed by atoms with van der Waals surface area (Å²) in [5.41, 5.74) is 1.35. The Hall–Kier alpha value is -1.18. The summed E-state index contributed by atoms with van der Waals surface area (Å²) in [6.45, 7) is 4.54. The van der Waals surface area contributed by atoms with E-state index in [1.165, 1.54) is 12.0 Å². The van der Waals surface area contributed by atoms with Gasteiger partial charge in [0.05, 0.1) is 0 Å². The summed E-state index contributed by atoms with van der Waals surface area (Å²) in [5.74, 6) is 2.51. The lowest BCUT2D eigenvalue weighted by Gasteiger charge is -2.55. The summed E-state index contributed by atoms with van der Waals surface area (Å²) in [4.78, 5) is 24.0. The molecule has 0 N–H and O–H groups in total. The minimum Gasteiger partial charge on any atom is -0.299 e. The molecule has 0 spiro atoms. The van der Waals surface area contributed by atoms with Gasteiger partial charge in [-0.25, -0.2) is 0 Å². The summed E-state index contributed by atoms with van der Waals surface area (Å²) < 4.78 is 0. The summed E-state index contributed by atoms with van der Waals surface area (Å²) >= 11 is 0. The molecule has 3 fully saturated rings. The Morgan fingerprint density at radius 1 is 1.05 bits per heavy atom. The van der Waals surface area contributed by atoms with E-state index in [9.17, 15) is 9.59 Å². The van der Waals surface area contributed by atoms with E-state index in [0.29, 0.717) is 23.5 Å². The van der Waals surface area contributed by atoms with Gasteiger partial charge in [0.2, 0.25) is 0 Å². The van der Waals surface area contributed by atoms with E-state index in [1.54, 1.807) is 6.08 Å². The lowest BCUT2D eigenvalue weighted by atomic mass is 9.48. The molecule has 5 atom stereocenters. The van der Waals surface area contributed by atoms with Crippen LogP contribution in [-0.4, -0.2) is 11.6 Å². The Labute approximate surface area is 126 Å². The predicted octanol–water partition coefficient (Wildman–Crippen LogP) is 3.86. The SMILES string of the molecule is C[C@@]12CC[C@H]3[C@H](CCC4=CC(=O)C=C[C@]43C)[C@@H]1CCC2=O. The van der Waals surface area contributed by atoms with Crippen molar-refractivity contribution in [1.82, 2.24) is 0 Å². The predicted molar refractivity (Wildman–Crippen MR) is 81.6 cm³/mol. The van der Waals surface area contributed by atoms with Gasteiger partial charge in [-0.05, 0) is 62.0 Å². The van der Waals surface area contributed by atoms with Crippen molar-refractivity contribution in [2.75, 3.05) is 0 Å². The molecule has 0 saturated heterocycles. The maximum atomic E-state index is 12.3. The molecule has 112 valence electrons. The number of fused-ring (bicyclic) bond motifs is 5. The van der Waals surface area contributed by atoms with Gasteiger partial charge in [0.15, 0.2) is 5.78 Å². The third kappa shape index (κ3) is 1.65. The molecular weight excluding hydrogens is 260 g/mol. The molecule has 3 saturated carbocycles. The fourth-order valence-electron chi connectivity index (χ4n) is 5.97. The Morgan fingerprint density at radius 2 is 1.86 bits per heavy atom. The van der Waals surface area contributed by atoms with Gasteiger partial charge >= 0.3 is 0 Å². The number of carbonyl (C=O) groups excluding carboxylic acids is 2. The summed E-state index contributed by atoms with van der Waals surface area (Å²) in [5, 5.41) is 0. The zero-order chi connectivity index (χ0) is 14.8. The number of Topliss-reactive ketones (excluding diaryl/α,β-unsaturated/α-hetero) is 1. The van der Waals surface area contributed by atoms with Gasteiger partial charge in [-0.15, -0.1) is 0 Å². The van der Waals surface area contributed by atoms with Crippen molar-refractivity contribution < 1.29 is 9.59 Å². The van der Waals surface area contributed by atoms with Crippen LogP contribution in [0.4, 0.5) is 0 Å². The molecule has 0 bridgehead atoms. The van der Waals surface area contributed by atoms with Gasteiger partial charge in [-0.2, -0.15) is 0 Å². The quantitative estimate of drug-likeness (QED) is 0.677. The first-order valence-electron chi connectivity index (χ1n) is 8.43. The standard InChI is InChI=1S/C19H24O2/c1-18-9-7-13(20)11-12(18)3-4-14-15-5-6-17(21)19(15,2)10-8-16(14)18/h7,9,11,14-16H,3-6,8,10H2,1-2H3/t14-,15+,16+,18-,19-/m1/s1. The van der Waals surface area contributed by atoms with E-state index < -0.39 is 0 Å². The average molecular weight is 284 g/mol. The number of rotatable bonds is 0. The Bertz CT molecular complexity index is 584. The van der Waals surface area contributed by atoms with E-state index >= 15 is 0 Å². The maximum Gasteiger partial charge on any atom is 0.178 e. The fraction of sp³-hybridized carbons (Fsp3) is 0.684. The fourth-order valence-corrected chi connectivity index (χ4v) is 5.97. The van der Waals surface area contributed by atoms with Gasteiger partial charge in [0.25, 0.3) is 0 Å². The minimum absolute atomic E-state index is 0.0487. The molecule has 0 amide bonds. The molecule has 4 rings (SSSR count). The second-order valence-electron chi connectivity index (χ2n) is 8.02. The van der Waals surface area contributed by atoms with Gasteiger partial charge in [0.1, 0.15) is 5.78 Å². The number of hydrogen-bond donors (Lipinski definition) is 0. The van der Waals surface area contributed by atoms with Gasteiger partial charge in [0, 0.05) is 17.3 Å². The highest BCUT2D eigenvalue weighted by Gasteiger charge is 2.58. The molecule has 0 heterocycles. The molecule has 0 aromatic rings. The molecule has 0 aliphatic heterocycles. The molecule has 4 aliphatic rings. The highest BCUT2D eigenvalue weighted by atomic mass is 16.1. The van der Waals surface area contributed by atoms with Crippen LogP contribution in [0.1, 0.15) is 52.4 Å². The third-order valence-electron chi connectivity index (χ3n) is 7.27. The van der Waals surface area contributed by atoms with E-state index in [0.717, 1.165) is 32.1 Å². The van der Waals surface area contributed by atoms with E-state index in [1.807, 2.05) is 6.08 Å². The molecule has 21 heavy (non-hydrogen) atoms. The van der Waals surface area contributed by atoms with Gasteiger partial charge < -0.3 is 0 Å². The first-order chi connectivity index (χ1) is 9.95. The van der Waals surface area contributed by atoms with Crippen LogP contribution in [0.15, 0.2) is 23.8 Å². The number of carbonyl (C=O) groups is 2. The lowest BCUT2D eigenvalue weighted by molar-refractivity contribution is -0.131. The van der Waals surface area contributed by atoms with Crippen molar-refractivity contribution in [3.63, 3.8) is 0 Å². The second kappa shape index (κ2) is 4.18. The van der Waals surface area contributed by atoms with Gasteiger partial charge in [-0.3, -0.25) is 9.59 Å². The number of hydrogen-bond acceptors (Lipinski definition) is 2. The average Bonchev–Trinajstić information content (AvgIpc) is 2.76. The largest absolute Gasteiger partial charge is 0.299 e. The lowest BCUT2D eigenvalue weighted by Crippen LogP contribution is -2.49. The molecular formula is C19H24O2. The highest BCUT2D eigenvalue weighted by molar-refractivity contribution is 6.01. The molecule has 0 aromatic carbocycles. The molecule has 2 nitrogen and oxygen atoms in total. The van der Waals surface area contributed by atoms with Crippen LogP contribution in [0.25, 0.3) is 0 Å². The summed E-state index contributed by atoms with van der Waals surface area (Å²) in [6, 6.07) is 0. The highest BCUT2D eigenvalue weighted by Crippen LogP contribution is 2.63. The van der Waals surface area contributed by atoms with Crippen molar-refractivity contribution in [1.29, 1.82) is 0 Å². The van der Waals surface area contributed by atoms with Crippen molar-refractivity contribution in [3.05, 3.63) is 23.8 Å². The zero-order valence-corrected chi connectivity index (χ0v) is 13.0. The van der Waals surface area contributed by atoms with Crippen LogP contribution in [0.2, 0.25) is 0 Å². The normalized spacial score (nSPS) is 48.5. The van der Waals surface area contributed by atoms with Crippen LogP contribution in [0.5, 0.6) is 0 Å². The first kappa shape index (κ1) is 13.5. The summed E-state index contributed by atoms with van der Waals surface area (Å²) in [6.07, 6.45) is 12.1. The van der Waals surface area contributed by atoms with Crippen molar-refractivity contribution in [2.24, 2.45) is 28.6 Å². The number of ketones is 2. The Morgan fingerprint density at radius 3 is 2.67 bits per heavy atom. The molecule has 0 aromatic heterocycles. The number of allylic oxidation sites excluding steroid dienone is 4. The van der Waals surface area contributed by atoms with Crippen molar-refractivity contribution in [3.8, 4) is 0 Å². The smallest absolute Gasteiger partial charge is 0.178 e. The molecule has 2 heteroatoms.